The number of nitrogens with zero attached hydrogens (tertiary/aromatic N) is 2. The summed E-state index contributed by atoms with van der Waals surface area (Å²) < 4.78 is 10.3. The SMILES string of the molecule is COc1ccc(C23CCCC(C2)C(CN(c2cccc(-c4cc(C5CC5)ns4)c2)C(=O)[C@H]2CC[C@H](O)CC2)CC3)cc1C. The molecule has 5 nitrogen and oxygen atoms in total. The number of hydrogen-bond donors (Lipinski definition) is 1. The second-order valence-electron chi connectivity index (χ2n) is 14.0. The van der Waals surface area contributed by atoms with Crippen molar-refractivity contribution in [1.82, 2.24) is 4.37 Å². The number of rotatable bonds is 8. The first-order valence-corrected chi connectivity index (χ1v) is 17.4. The van der Waals surface area contributed by atoms with E-state index in [2.05, 4.69) is 60.4 Å². The molecular formula is C37H46N2O3S. The number of anilines is 1. The first kappa shape index (κ1) is 29.0. The van der Waals surface area contributed by atoms with Gasteiger partial charge in [0.05, 0.1) is 23.8 Å². The lowest BCUT2D eigenvalue weighted by atomic mass is 9.56. The van der Waals surface area contributed by atoms with Crippen LogP contribution in [0.3, 0.4) is 0 Å². The highest BCUT2D eigenvalue weighted by Gasteiger charge is 2.45. The van der Waals surface area contributed by atoms with Crippen molar-refractivity contribution in [3.63, 3.8) is 0 Å². The van der Waals surface area contributed by atoms with Crippen LogP contribution in [0.2, 0.25) is 0 Å². The van der Waals surface area contributed by atoms with Crippen molar-refractivity contribution in [2.45, 2.75) is 101 Å². The molecule has 0 aliphatic heterocycles. The predicted molar refractivity (Wildman–Crippen MR) is 174 cm³/mol. The quantitative estimate of drug-likeness (QED) is 0.283. The van der Waals surface area contributed by atoms with Gasteiger partial charge in [0.25, 0.3) is 0 Å². The maximum atomic E-state index is 14.3. The Morgan fingerprint density at radius 2 is 1.86 bits per heavy atom. The number of methoxy groups -OCH3 is 1. The summed E-state index contributed by atoms with van der Waals surface area (Å²) in [6.45, 7) is 2.95. The van der Waals surface area contributed by atoms with Crippen LogP contribution < -0.4 is 9.64 Å². The number of aryl methyl sites for hydroxylation is 1. The highest BCUT2D eigenvalue weighted by Crippen LogP contribution is 2.53. The van der Waals surface area contributed by atoms with E-state index in [0.717, 1.165) is 55.6 Å². The third-order valence-corrected chi connectivity index (χ3v) is 12.1. The molecule has 3 aromatic rings. The fourth-order valence-electron chi connectivity index (χ4n) is 8.51. The highest BCUT2D eigenvalue weighted by atomic mass is 32.1. The molecule has 1 N–H and O–H groups in total. The van der Waals surface area contributed by atoms with Crippen LogP contribution in [0.15, 0.2) is 48.5 Å². The van der Waals surface area contributed by atoms with E-state index in [9.17, 15) is 9.90 Å². The lowest BCUT2D eigenvalue weighted by Gasteiger charge is -2.50. The van der Waals surface area contributed by atoms with E-state index in [1.54, 1.807) is 18.6 Å². The fourth-order valence-corrected chi connectivity index (χ4v) is 9.33. The summed E-state index contributed by atoms with van der Waals surface area (Å²) >= 11 is 1.59. The average molecular weight is 599 g/mol. The van der Waals surface area contributed by atoms with Crippen molar-refractivity contribution in [2.75, 3.05) is 18.6 Å². The molecule has 43 heavy (non-hydrogen) atoms. The highest BCUT2D eigenvalue weighted by molar-refractivity contribution is 7.09. The first-order chi connectivity index (χ1) is 20.9. The van der Waals surface area contributed by atoms with Crippen LogP contribution in [0.5, 0.6) is 5.75 Å². The third-order valence-electron chi connectivity index (χ3n) is 11.2. The molecule has 6 heteroatoms. The summed E-state index contributed by atoms with van der Waals surface area (Å²) in [6.07, 6.45) is 12.6. The molecule has 0 saturated heterocycles. The van der Waals surface area contributed by atoms with E-state index >= 15 is 0 Å². The molecule has 1 heterocycles. The number of amides is 1. The number of aliphatic hydroxyl groups is 1. The van der Waals surface area contributed by atoms with Crippen molar-refractivity contribution in [1.29, 1.82) is 0 Å². The third kappa shape index (κ3) is 5.90. The minimum absolute atomic E-state index is 0.00626. The normalized spacial score (nSPS) is 28.8. The van der Waals surface area contributed by atoms with E-state index in [4.69, 9.17) is 9.11 Å². The van der Waals surface area contributed by atoms with Crippen molar-refractivity contribution in [3.05, 3.63) is 65.4 Å². The van der Waals surface area contributed by atoms with Crippen LogP contribution in [0, 0.1) is 24.7 Å². The van der Waals surface area contributed by atoms with Crippen molar-refractivity contribution >= 4 is 23.1 Å². The summed E-state index contributed by atoms with van der Waals surface area (Å²) in [7, 11) is 1.75. The zero-order valence-electron chi connectivity index (χ0n) is 25.8. The summed E-state index contributed by atoms with van der Waals surface area (Å²) in [5, 5.41) is 10.2. The molecule has 0 spiro atoms. The standard InChI is InChI=1S/C37H46N2O3S/c1-24-19-30(12-15-34(24)42-2)37-17-4-6-28(22-37)29(16-18-37)23-39(36(41)26-10-13-32(40)14-11-26)31-7-3-5-27(20-31)35-21-33(38-43-35)25-8-9-25/h3,5,7,12,15,19-21,25-26,28-29,32,40H,4,6,8-11,13-14,16-18,22-23H2,1-2H3/t26-,28?,29?,32-,37?. The number of ether oxygens (including phenoxy) is 1. The van der Waals surface area contributed by atoms with Gasteiger partial charge in [-0.3, -0.25) is 4.79 Å². The van der Waals surface area contributed by atoms with Gasteiger partial charge in [0.2, 0.25) is 5.91 Å². The number of benzene rings is 2. The van der Waals surface area contributed by atoms with E-state index < -0.39 is 0 Å². The van der Waals surface area contributed by atoms with Crippen LogP contribution in [-0.4, -0.2) is 35.1 Å². The van der Waals surface area contributed by atoms with Crippen LogP contribution in [0.1, 0.15) is 99.8 Å². The van der Waals surface area contributed by atoms with Crippen LogP contribution in [0.25, 0.3) is 10.4 Å². The Labute approximate surface area is 260 Å². The van der Waals surface area contributed by atoms with E-state index in [1.165, 1.54) is 66.6 Å². The molecule has 1 aromatic heterocycles. The van der Waals surface area contributed by atoms with Gasteiger partial charge in [0.15, 0.2) is 0 Å². The number of aromatic nitrogens is 1. The van der Waals surface area contributed by atoms with Gasteiger partial charge >= 0.3 is 0 Å². The molecule has 2 aromatic carbocycles. The lowest BCUT2D eigenvalue weighted by molar-refractivity contribution is -0.124. The number of carbonyl (C=O) groups excluding carboxylic acids is 1. The molecule has 4 aliphatic rings. The average Bonchev–Trinajstić information content (AvgIpc) is 3.77. The monoisotopic (exact) mass is 598 g/mol. The number of aliphatic hydroxyl groups excluding tert-OH is 1. The molecule has 228 valence electrons. The molecule has 2 bridgehead atoms. The smallest absolute Gasteiger partial charge is 0.230 e. The van der Waals surface area contributed by atoms with Gasteiger partial charge in [-0.15, -0.1) is 0 Å². The Morgan fingerprint density at radius 3 is 2.63 bits per heavy atom. The molecule has 7 rings (SSSR count). The van der Waals surface area contributed by atoms with Gasteiger partial charge in [-0.25, -0.2) is 0 Å². The largest absolute Gasteiger partial charge is 0.496 e. The van der Waals surface area contributed by atoms with Crippen LogP contribution >= 0.6 is 11.5 Å². The van der Waals surface area contributed by atoms with Gasteiger partial charge < -0.3 is 14.7 Å². The second-order valence-corrected chi connectivity index (χ2v) is 14.8. The zero-order valence-corrected chi connectivity index (χ0v) is 26.6. The number of fused-ring (bicyclic) bond motifs is 2. The van der Waals surface area contributed by atoms with Crippen molar-refractivity contribution in [2.24, 2.45) is 17.8 Å². The Morgan fingerprint density at radius 1 is 1.02 bits per heavy atom. The van der Waals surface area contributed by atoms with Gasteiger partial charge in [0.1, 0.15) is 5.75 Å². The Hall–Kier alpha value is -2.70. The first-order valence-electron chi connectivity index (χ1n) is 16.6. The minimum atomic E-state index is -0.261. The summed E-state index contributed by atoms with van der Waals surface area (Å²) in [4.78, 5) is 17.7. The number of hydrogen-bond acceptors (Lipinski definition) is 5. The maximum absolute atomic E-state index is 14.3. The van der Waals surface area contributed by atoms with Gasteiger partial charge in [-0.2, -0.15) is 4.37 Å². The fraction of sp³-hybridized carbons (Fsp3) is 0.568. The van der Waals surface area contributed by atoms with Crippen LogP contribution in [0.4, 0.5) is 5.69 Å². The Bertz CT molecular complexity index is 1460. The Kier molecular flexibility index (Phi) is 8.11. The summed E-state index contributed by atoms with van der Waals surface area (Å²) in [6, 6.07) is 17.7. The molecule has 3 unspecified atom stereocenters. The molecule has 4 saturated carbocycles. The van der Waals surface area contributed by atoms with Gasteiger partial charge in [-0.05, 0) is 141 Å². The second kappa shape index (κ2) is 12.0. The summed E-state index contributed by atoms with van der Waals surface area (Å²) in [5.74, 6) is 2.98. The van der Waals surface area contributed by atoms with E-state index in [1.807, 2.05) is 0 Å². The van der Waals surface area contributed by atoms with Crippen molar-refractivity contribution < 1.29 is 14.6 Å². The van der Waals surface area contributed by atoms with E-state index in [-0.39, 0.29) is 23.3 Å². The minimum Gasteiger partial charge on any atom is -0.496 e. The molecule has 1 amide bonds. The molecule has 4 fully saturated rings. The zero-order chi connectivity index (χ0) is 29.6. The molecule has 4 aliphatic carbocycles. The predicted octanol–water partition coefficient (Wildman–Crippen LogP) is 8.43. The lowest BCUT2D eigenvalue weighted by Crippen LogP contribution is -2.47. The van der Waals surface area contributed by atoms with Gasteiger partial charge in [0, 0.05) is 24.1 Å². The van der Waals surface area contributed by atoms with Crippen molar-refractivity contribution in [3.8, 4) is 16.2 Å². The maximum Gasteiger partial charge on any atom is 0.230 e. The number of carbonyl (C=O) groups is 1. The van der Waals surface area contributed by atoms with E-state index in [0.29, 0.717) is 17.8 Å². The Balaban J connectivity index is 1.15. The molecule has 0 radical (unpaired) electrons. The topological polar surface area (TPSA) is 62.7 Å². The molecule has 3 atom stereocenters. The summed E-state index contributed by atoms with van der Waals surface area (Å²) in [5.41, 5.74) is 6.36. The molecular weight excluding hydrogens is 552 g/mol. The van der Waals surface area contributed by atoms with Gasteiger partial charge in [-0.1, -0.05) is 37.1 Å². The van der Waals surface area contributed by atoms with Crippen LogP contribution in [-0.2, 0) is 10.2 Å².